The number of nitrogens with zero attached hydrogens (tertiary/aromatic N) is 4. The molecule has 0 bridgehead atoms. The Hall–Kier alpha value is -2.81. The van der Waals surface area contributed by atoms with Crippen LogP contribution in [0.5, 0.6) is 5.75 Å². The number of ether oxygens (including phenoxy) is 2. The zero-order valence-corrected chi connectivity index (χ0v) is 21.2. The molecule has 0 unspecified atom stereocenters. The zero-order chi connectivity index (χ0) is 24.9. The number of rotatable bonds is 6. The molecule has 1 saturated heterocycles. The maximum Gasteiger partial charge on any atom is 0.360 e. The van der Waals surface area contributed by atoms with Gasteiger partial charge < -0.3 is 19.3 Å². The highest BCUT2D eigenvalue weighted by Crippen LogP contribution is 2.29. The Morgan fingerprint density at radius 3 is 2.31 bits per heavy atom. The first-order valence-corrected chi connectivity index (χ1v) is 12.2. The molecule has 1 aromatic heterocycles. The molecule has 0 spiro atoms. The lowest BCUT2D eigenvalue weighted by Crippen LogP contribution is -2.38. The number of hydrogen-bond donors (Lipinski definition) is 0. The third kappa shape index (κ3) is 6.07. The van der Waals surface area contributed by atoms with Crippen molar-refractivity contribution in [3.05, 3.63) is 57.2 Å². The van der Waals surface area contributed by atoms with Crippen LogP contribution < -0.4 is 9.64 Å². The maximum atomic E-state index is 12.8. The summed E-state index contributed by atoms with van der Waals surface area (Å²) in [5.41, 5.74) is 1.05. The fourth-order valence-corrected chi connectivity index (χ4v) is 4.19. The highest BCUT2D eigenvalue weighted by Gasteiger charge is 2.26. The second-order valence-corrected chi connectivity index (χ2v) is 9.09. The van der Waals surface area contributed by atoms with Crippen LogP contribution >= 0.6 is 34.8 Å². The van der Waals surface area contributed by atoms with Crippen molar-refractivity contribution < 1.29 is 19.1 Å². The Morgan fingerprint density at radius 1 is 0.943 bits per heavy atom. The molecule has 184 valence electrons. The summed E-state index contributed by atoms with van der Waals surface area (Å²) in [6.07, 6.45) is 0.677. The smallest absolute Gasteiger partial charge is 0.360 e. The SMILES string of the molecule is CCOC(=O)c1nc2cc(Cl)c(Cl)cc2nc1N1CCCN(C(=O)COc2ccc(Cl)cc2)CC1. The van der Waals surface area contributed by atoms with Crippen LogP contribution in [0.4, 0.5) is 5.82 Å². The first-order valence-electron chi connectivity index (χ1n) is 11.1. The molecule has 2 aromatic carbocycles. The van der Waals surface area contributed by atoms with Crippen LogP contribution in [0, 0.1) is 0 Å². The average Bonchev–Trinajstić information content (AvgIpc) is 3.10. The van der Waals surface area contributed by atoms with E-state index >= 15 is 0 Å². The van der Waals surface area contributed by atoms with E-state index in [9.17, 15) is 9.59 Å². The van der Waals surface area contributed by atoms with Crippen molar-refractivity contribution in [2.45, 2.75) is 13.3 Å². The summed E-state index contributed by atoms with van der Waals surface area (Å²) in [5.74, 6) is 0.263. The molecule has 0 N–H and O–H groups in total. The monoisotopic (exact) mass is 536 g/mol. The standard InChI is InChI=1S/C24H23Cl3N4O4/c1-2-34-24(33)22-23(29-20-13-18(27)17(26)12-19(20)28-22)31-9-3-8-30(10-11-31)21(32)14-35-16-6-4-15(25)5-7-16/h4-7,12-13H,2-3,8-11,14H2,1H3. The van der Waals surface area contributed by atoms with Gasteiger partial charge in [-0.25, -0.2) is 14.8 Å². The van der Waals surface area contributed by atoms with E-state index in [-0.39, 0.29) is 24.8 Å². The Labute approximate surface area is 217 Å². The van der Waals surface area contributed by atoms with Gasteiger partial charge in [0.1, 0.15) is 5.75 Å². The molecular formula is C24H23Cl3N4O4. The first kappa shape index (κ1) is 25.3. The van der Waals surface area contributed by atoms with Crippen molar-refractivity contribution in [1.82, 2.24) is 14.9 Å². The van der Waals surface area contributed by atoms with Gasteiger partial charge in [0.2, 0.25) is 0 Å². The van der Waals surface area contributed by atoms with Gasteiger partial charge in [0.15, 0.2) is 18.1 Å². The fourth-order valence-electron chi connectivity index (χ4n) is 3.75. The predicted molar refractivity (Wildman–Crippen MR) is 136 cm³/mol. The summed E-state index contributed by atoms with van der Waals surface area (Å²) in [5, 5.41) is 1.26. The lowest BCUT2D eigenvalue weighted by Gasteiger charge is -2.24. The molecule has 0 atom stereocenters. The molecule has 3 aromatic rings. The minimum absolute atomic E-state index is 0.0786. The van der Waals surface area contributed by atoms with Crippen LogP contribution in [0.2, 0.25) is 15.1 Å². The van der Waals surface area contributed by atoms with Gasteiger partial charge in [0.25, 0.3) is 5.91 Å². The Bertz CT molecular complexity index is 1240. The van der Waals surface area contributed by atoms with Crippen molar-refractivity contribution in [3.8, 4) is 5.75 Å². The van der Waals surface area contributed by atoms with Crippen LogP contribution in [0.1, 0.15) is 23.8 Å². The topological polar surface area (TPSA) is 84.9 Å². The van der Waals surface area contributed by atoms with E-state index in [4.69, 9.17) is 44.3 Å². The molecule has 1 aliphatic rings. The molecule has 1 aliphatic heterocycles. The van der Waals surface area contributed by atoms with Gasteiger partial charge in [-0.3, -0.25) is 4.79 Å². The second-order valence-electron chi connectivity index (χ2n) is 7.84. The summed E-state index contributed by atoms with van der Waals surface area (Å²) in [6.45, 7) is 3.88. The van der Waals surface area contributed by atoms with Crippen LogP contribution in [-0.2, 0) is 9.53 Å². The second kappa shape index (κ2) is 11.3. The summed E-state index contributed by atoms with van der Waals surface area (Å²) in [7, 11) is 0. The van der Waals surface area contributed by atoms with E-state index in [0.29, 0.717) is 70.3 Å². The van der Waals surface area contributed by atoms with Crippen LogP contribution in [0.3, 0.4) is 0 Å². The summed E-state index contributed by atoms with van der Waals surface area (Å²) in [4.78, 5) is 38.3. The Morgan fingerprint density at radius 2 is 1.63 bits per heavy atom. The van der Waals surface area contributed by atoms with Crippen LogP contribution in [-0.4, -0.2) is 66.1 Å². The van der Waals surface area contributed by atoms with Crippen LogP contribution in [0.25, 0.3) is 11.0 Å². The number of aromatic nitrogens is 2. The van der Waals surface area contributed by atoms with Crippen LogP contribution in [0.15, 0.2) is 36.4 Å². The molecule has 8 nitrogen and oxygen atoms in total. The van der Waals surface area contributed by atoms with Gasteiger partial charge in [-0.2, -0.15) is 0 Å². The fraction of sp³-hybridized carbons (Fsp3) is 0.333. The Balaban J connectivity index is 1.52. The number of amides is 1. The lowest BCUT2D eigenvalue weighted by molar-refractivity contribution is -0.133. The number of halogens is 3. The third-order valence-electron chi connectivity index (χ3n) is 5.48. The van der Waals surface area contributed by atoms with Gasteiger partial charge in [0, 0.05) is 31.2 Å². The number of carbonyl (C=O) groups is 2. The molecule has 1 amide bonds. The minimum atomic E-state index is -0.573. The van der Waals surface area contributed by atoms with E-state index in [1.165, 1.54) is 0 Å². The summed E-state index contributed by atoms with van der Waals surface area (Å²) >= 11 is 18.2. The summed E-state index contributed by atoms with van der Waals surface area (Å²) < 4.78 is 10.8. The number of fused-ring (bicyclic) bond motifs is 1. The highest BCUT2D eigenvalue weighted by molar-refractivity contribution is 6.42. The van der Waals surface area contributed by atoms with Crippen molar-refractivity contribution >= 4 is 63.5 Å². The number of hydrogen-bond acceptors (Lipinski definition) is 7. The van der Waals surface area contributed by atoms with Gasteiger partial charge in [-0.15, -0.1) is 0 Å². The van der Waals surface area contributed by atoms with E-state index in [1.807, 2.05) is 4.90 Å². The molecule has 0 saturated carbocycles. The Kier molecular flexibility index (Phi) is 8.15. The molecule has 4 rings (SSSR count). The van der Waals surface area contributed by atoms with E-state index in [1.54, 1.807) is 48.2 Å². The van der Waals surface area contributed by atoms with E-state index in [0.717, 1.165) is 0 Å². The van der Waals surface area contributed by atoms with E-state index in [2.05, 4.69) is 9.97 Å². The lowest BCUT2D eigenvalue weighted by atomic mass is 10.2. The molecule has 1 fully saturated rings. The van der Waals surface area contributed by atoms with Gasteiger partial charge in [-0.1, -0.05) is 34.8 Å². The highest BCUT2D eigenvalue weighted by atomic mass is 35.5. The number of anilines is 1. The molecule has 0 aliphatic carbocycles. The van der Waals surface area contributed by atoms with Crippen molar-refractivity contribution in [2.75, 3.05) is 44.3 Å². The molecule has 11 heteroatoms. The summed E-state index contributed by atoms with van der Waals surface area (Å²) in [6, 6.07) is 10.0. The predicted octanol–water partition coefficient (Wildman–Crippen LogP) is 4.88. The molecule has 0 radical (unpaired) electrons. The van der Waals surface area contributed by atoms with Crippen molar-refractivity contribution in [3.63, 3.8) is 0 Å². The average molecular weight is 538 g/mol. The van der Waals surface area contributed by atoms with Crippen molar-refractivity contribution in [1.29, 1.82) is 0 Å². The molecule has 2 heterocycles. The molecule has 35 heavy (non-hydrogen) atoms. The van der Waals surface area contributed by atoms with Crippen molar-refractivity contribution in [2.24, 2.45) is 0 Å². The maximum absolute atomic E-state index is 12.8. The number of benzene rings is 2. The molecular weight excluding hydrogens is 515 g/mol. The first-order chi connectivity index (χ1) is 16.9. The minimum Gasteiger partial charge on any atom is -0.484 e. The normalized spacial score (nSPS) is 14.1. The quantitative estimate of drug-likeness (QED) is 0.414. The number of esters is 1. The van der Waals surface area contributed by atoms with Gasteiger partial charge in [-0.05, 0) is 49.7 Å². The zero-order valence-electron chi connectivity index (χ0n) is 19.0. The third-order valence-corrected chi connectivity index (χ3v) is 6.45. The number of carbonyl (C=O) groups excluding carboxylic acids is 2. The van der Waals surface area contributed by atoms with Gasteiger partial charge >= 0.3 is 5.97 Å². The largest absolute Gasteiger partial charge is 0.484 e. The van der Waals surface area contributed by atoms with E-state index < -0.39 is 5.97 Å². The van der Waals surface area contributed by atoms with Gasteiger partial charge in [0.05, 0.1) is 27.7 Å².